The van der Waals surface area contributed by atoms with Gasteiger partial charge in [-0.25, -0.2) is 0 Å². The Morgan fingerprint density at radius 3 is 0.960 bits per heavy atom. The van der Waals surface area contributed by atoms with Crippen LogP contribution < -0.4 is 0 Å². The predicted octanol–water partition coefficient (Wildman–Crippen LogP) is -8.95. The van der Waals surface area contributed by atoms with Gasteiger partial charge in [-0.1, -0.05) is 0 Å². The molecule has 4 rings (SSSR count). The number of unbranched alkanes of at least 4 members (excludes halogenated alkanes) is 1. The lowest BCUT2D eigenvalue weighted by Gasteiger charge is -2.46. The van der Waals surface area contributed by atoms with Crippen LogP contribution in [0.5, 0.6) is 0 Å². The van der Waals surface area contributed by atoms with Crippen molar-refractivity contribution in [3.63, 3.8) is 0 Å². The highest BCUT2D eigenvalue weighted by atomic mass is 16.8. The average Bonchev–Trinajstić information content (AvgIpc) is 3.11. The van der Waals surface area contributed by atoms with Gasteiger partial charge in [0.1, 0.15) is 97.7 Å². The number of hydrogen-bond acceptors (Lipinski definition) is 22. The Morgan fingerprint density at radius 2 is 0.640 bits per heavy atom. The third-order valence-corrected chi connectivity index (χ3v) is 9.02. The van der Waals surface area contributed by atoms with Crippen molar-refractivity contribution in [3.8, 4) is 0 Å². The second-order valence-corrected chi connectivity index (χ2v) is 12.5. The van der Waals surface area contributed by atoms with Crippen molar-refractivity contribution in [1.29, 1.82) is 0 Å². The van der Waals surface area contributed by atoms with E-state index in [0.29, 0.717) is 0 Å². The van der Waals surface area contributed by atoms with Gasteiger partial charge in [-0.15, -0.1) is 0 Å². The molecule has 0 aliphatic carbocycles. The maximum absolute atomic E-state index is 10.7. The van der Waals surface area contributed by atoms with Crippen LogP contribution in [-0.4, -0.2) is 234 Å². The largest absolute Gasteiger partial charge is 0.394 e. The fourth-order valence-corrected chi connectivity index (χ4v) is 5.99. The minimum Gasteiger partial charge on any atom is -0.394 e. The highest BCUT2D eigenvalue weighted by molar-refractivity contribution is 4.95. The van der Waals surface area contributed by atoms with Crippen LogP contribution in [0.3, 0.4) is 0 Å². The van der Waals surface area contributed by atoms with Crippen molar-refractivity contribution < 1.29 is 109 Å². The van der Waals surface area contributed by atoms with Crippen LogP contribution in [0.15, 0.2) is 0 Å². The van der Waals surface area contributed by atoms with E-state index in [9.17, 15) is 71.5 Å². The molecular weight excluding hydrogens is 688 g/mol. The quantitative estimate of drug-likeness (QED) is 0.0693. The summed E-state index contributed by atoms with van der Waals surface area (Å²) in [6.45, 7) is -3.08. The Balaban J connectivity index is 1.21. The standard InChI is InChI=1S/C28H50O22/c29-5-9-13(33)15(35)19(39)27(45-9)49-23-11(7-31)47-25(21(41)17(23)37)43-3-1-2-4-44-26-22(42)18(38)24(12(8-32)48-26)50-28-20(40)16(36)14(34)10(6-30)46-28/h9-42H,1-8H2/t9-,10-,11-,12-,13-,14-,15+,16+,17-,18-,19-,20-,21-,22-,23-,24-,25-,26-,27-,28-/m1/s1. The van der Waals surface area contributed by atoms with Crippen molar-refractivity contribution in [2.45, 2.75) is 136 Å². The second kappa shape index (κ2) is 18.9. The van der Waals surface area contributed by atoms with Crippen molar-refractivity contribution in [2.75, 3.05) is 39.6 Å². The molecule has 0 unspecified atom stereocenters. The van der Waals surface area contributed by atoms with Crippen molar-refractivity contribution in [2.24, 2.45) is 0 Å². The molecule has 14 N–H and O–H groups in total. The lowest BCUT2D eigenvalue weighted by molar-refractivity contribution is -0.360. The molecule has 294 valence electrons. The molecule has 0 aromatic rings. The minimum atomic E-state index is -1.81. The maximum Gasteiger partial charge on any atom is 0.187 e. The first-order valence-electron chi connectivity index (χ1n) is 16.2. The van der Waals surface area contributed by atoms with E-state index in [4.69, 9.17) is 37.9 Å². The van der Waals surface area contributed by atoms with Gasteiger partial charge in [0.15, 0.2) is 25.2 Å². The van der Waals surface area contributed by atoms with Crippen LogP contribution in [0.1, 0.15) is 12.8 Å². The monoisotopic (exact) mass is 738 g/mol. The number of aliphatic hydroxyl groups excluding tert-OH is 14. The molecule has 20 atom stereocenters. The van der Waals surface area contributed by atoms with Crippen LogP contribution in [0.4, 0.5) is 0 Å². The third-order valence-electron chi connectivity index (χ3n) is 9.02. The molecule has 0 aromatic heterocycles. The molecule has 4 aliphatic heterocycles. The topological polar surface area (TPSA) is 357 Å². The van der Waals surface area contributed by atoms with E-state index in [2.05, 4.69) is 0 Å². The van der Waals surface area contributed by atoms with Gasteiger partial charge in [-0.2, -0.15) is 0 Å². The molecule has 0 spiro atoms. The molecule has 4 saturated heterocycles. The van der Waals surface area contributed by atoms with Crippen molar-refractivity contribution >= 4 is 0 Å². The smallest absolute Gasteiger partial charge is 0.187 e. The average molecular weight is 739 g/mol. The van der Waals surface area contributed by atoms with E-state index in [1.165, 1.54) is 0 Å². The number of hydrogen-bond donors (Lipinski definition) is 14. The molecule has 4 fully saturated rings. The summed E-state index contributed by atoms with van der Waals surface area (Å²) >= 11 is 0. The summed E-state index contributed by atoms with van der Waals surface area (Å²) in [7, 11) is 0. The van der Waals surface area contributed by atoms with E-state index in [1.54, 1.807) is 0 Å². The molecule has 4 aliphatic rings. The van der Waals surface area contributed by atoms with Gasteiger partial charge < -0.3 is 109 Å². The van der Waals surface area contributed by atoms with E-state index in [0.717, 1.165) is 0 Å². The summed E-state index contributed by atoms with van der Waals surface area (Å²) in [6, 6.07) is 0. The van der Waals surface area contributed by atoms with Gasteiger partial charge >= 0.3 is 0 Å². The van der Waals surface area contributed by atoms with Crippen LogP contribution in [-0.2, 0) is 37.9 Å². The predicted molar refractivity (Wildman–Crippen MR) is 154 cm³/mol. The molecule has 0 radical (unpaired) electrons. The first kappa shape index (κ1) is 41.9. The zero-order chi connectivity index (χ0) is 36.9. The summed E-state index contributed by atoms with van der Waals surface area (Å²) < 4.78 is 43.6. The zero-order valence-corrected chi connectivity index (χ0v) is 26.7. The fraction of sp³-hybridized carbons (Fsp3) is 1.00. The molecule has 0 amide bonds. The molecule has 22 heteroatoms. The Bertz CT molecular complexity index is 915. The van der Waals surface area contributed by atoms with Crippen LogP contribution in [0.2, 0.25) is 0 Å². The molecule has 50 heavy (non-hydrogen) atoms. The van der Waals surface area contributed by atoms with Gasteiger partial charge in [-0.05, 0) is 12.8 Å². The lowest BCUT2D eigenvalue weighted by Crippen LogP contribution is -2.64. The van der Waals surface area contributed by atoms with Gasteiger partial charge in [0.2, 0.25) is 0 Å². The van der Waals surface area contributed by atoms with E-state index < -0.39 is 149 Å². The molecule has 0 bridgehead atoms. The Kier molecular flexibility index (Phi) is 15.9. The zero-order valence-electron chi connectivity index (χ0n) is 26.7. The van der Waals surface area contributed by atoms with Gasteiger partial charge in [0.05, 0.1) is 26.4 Å². The number of aliphatic hydroxyl groups is 14. The third kappa shape index (κ3) is 9.25. The Hall–Kier alpha value is -0.880. The lowest BCUT2D eigenvalue weighted by atomic mass is 9.97. The SMILES string of the molecule is OC[C@H]1O[C@H](O[C@H]2[C@H](O)[C@@H](O)[C@H](OCCCCO[C@@H]3O[C@H](CO)[C@@H](O[C@H]4O[C@H](CO)[C@@H](O)[C@H](O)[C@H]4O)[C@H](O)[C@H]3O)O[C@@H]2CO)[C@H](O)[C@@H](O)[C@@H]1O. The number of ether oxygens (including phenoxy) is 8. The first-order valence-corrected chi connectivity index (χ1v) is 16.2. The summed E-state index contributed by atoms with van der Waals surface area (Å²) in [5.41, 5.74) is 0. The summed E-state index contributed by atoms with van der Waals surface area (Å²) in [5, 5.41) is 141. The Labute approximate surface area is 285 Å². The van der Waals surface area contributed by atoms with E-state index in [1.807, 2.05) is 0 Å². The fourth-order valence-electron chi connectivity index (χ4n) is 5.99. The molecule has 4 heterocycles. The molecule has 22 nitrogen and oxygen atoms in total. The summed E-state index contributed by atoms with van der Waals surface area (Å²) in [4.78, 5) is 0. The summed E-state index contributed by atoms with van der Waals surface area (Å²) in [5.74, 6) is 0. The Morgan fingerprint density at radius 1 is 0.340 bits per heavy atom. The van der Waals surface area contributed by atoms with Crippen LogP contribution in [0, 0.1) is 0 Å². The highest BCUT2D eigenvalue weighted by Crippen LogP contribution is 2.31. The van der Waals surface area contributed by atoms with Gasteiger partial charge in [-0.3, -0.25) is 0 Å². The summed E-state index contributed by atoms with van der Waals surface area (Å²) in [6.07, 6.45) is -31.3. The highest BCUT2D eigenvalue weighted by Gasteiger charge is 2.52. The molecule has 0 aromatic carbocycles. The maximum atomic E-state index is 10.7. The van der Waals surface area contributed by atoms with Crippen molar-refractivity contribution in [1.82, 2.24) is 0 Å². The molecule has 0 saturated carbocycles. The normalized spacial score (nSPS) is 48.8. The number of rotatable bonds is 15. The molecular formula is C28H50O22. The van der Waals surface area contributed by atoms with E-state index in [-0.39, 0.29) is 26.1 Å². The van der Waals surface area contributed by atoms with E-state index >= 15 is 0 Å². The minimum absolute atomic E-state index is 0.0703. The van der Waals surface area contributed by atoms with Crippen LogP contribution >= 0.6 is 0 Å². The van der Waals surface area contributed by atoms with Crippen LogP contribution in [0.25, 0.3) is 0 Å². The van der Waals surface area contributed by atoms with Crippen molar-refractivity contribution in [3.05, 3.63) is 0 Å². The first-order chi connectivity index (χ1) is 23.8. The second-order valence-electron chi connectivity index (χ2n) is 12.5. The van der Waals surface area contributed by atoms with Gasteiger partial charge in [0.25, 0.3) is 0 Å². The van der Waals surface area contributed by atoms with Gasteiger partial charge in [0, 0.05) is 13.2 Å².